The number of halogens is 1. The van der Waals surface area contributed by atoms with E-state index in [-0.39, 0.29) is 11.5 Å². The number of fused-ring (bicyclic) bond motifs is 1. The molecule has 0 aliphatic heterocycles. The molecule has 1 aromatic carbocycles. The number of carbonyl (C=O) groups is 1. The highest BCUT2D eigenvalue weighted by atomic mass is 19.1. The Hall–Kier alpha value is -1.91. The van der Waals surface area contributed by atoms with Crippen molar-refractivity contribution in [2.24, 2.45) is 5.41 Å². The summed E-state index contributed by atoms with van der Waals surface area (Å²) in [5.41, 5.74) is 1.64. The lowest BCUT2D eigenvalue weighted by Crippen LogP contribution is -2.18. The minimum absolute atomic E-state index is 0.182. The van der Waals surface area contributed by atoms with Gasteiger partial charge < -0.3 is 9.53 Å². The van der Waals surface area contributed by atoms with Crippen LogP contribution in [0.4, 0.5) is 4.39 Å². The molecular weight excluding hydrogens is 319 g/mol. The molecule has 1 aromatic heterocycles. The number of hydrogen-bond donors (Lipinski definition) is 0. The van der Waals surface area contributed by atoms with E-state index in [1.54, 1.807) is 11.7 Å². The topological polar surface area (TPSA) is 44.1 Å². The Bertz CT molecular complexity index is 670. The molecule has 0 N–H and O–H groups in total. The molecule has 5 heteroatoms. The van der Waals surface area contributed by atoms with Crippen LogP contribution in [-0.4, -0.2) is 22.9 Å². The molecule has 1 aliphatic rings. The van der Waals surface area contributed by atoms with E-state index in [0.29, 0.717) is 17.7 Å². The van der Waals surface area contributed by atoms with E-state index in [9.17, 15) is 9.18 Å². The lowest BCUT2D eigenvalue weighted by atomic mass is 9.93. The summed E-state index contributed by atoms with van der Waals surface area (Å²) < 4.78 is 20.7. The summed E-state index contributed by atoms with van der Waals surface area (Å²) in [5.74, 6) is 0.695. The molecule has 1 fully saturated rings. The number of rotatable bonds is 3. The number of para-hydroxylation sites is 1. The SMILES string of the molecule is CC.CC(C)(C)CC=O.COc1cccc2nc(F)n(C3CCC3)c12. The first kappa shape index (κ1) is 21.1. The van der Waals surface area contributed by atoms with E-state index in [1.807, 2.05) is 52.8 Å². The number of methoxy groups -OCH3 is 1. The Morgan fingerprint density at radius 3 is 2.36 bits per heavy atom. The van der Waals surface area contributed by atoms with Gasteiger partial charge in [-0.25, -0.2) is 4.98 Å². The van der Waals surface area contributed by atoms with Gasteiger partial charge in [0.2, 0.25) is 0 Å². The molecule has 4 nitrogen and oxygen atoms in total. The first-order chi connectivity index (χ1) is 11.9. The molecule has 1 heterocycles. The van der Waals surface area contributed by atoms with Crippen molar-refractivity contribution in [3.63, 3.8) is 0 Å². The van der Waals surface area contributed by atoms with Crippen molar-refractivity contribution in [1.29, 1.82) is 0 Å². The standard InChI is InChI=1S/C12H13FN2O.C6H12O.C2H6/c1-16-10-7-3-6-9-11(10)15(12(13)14-9)8-4-2-5-8;1-6(2,3)4-5-7;1-2/h3,6-8H,2,4-5H2,1H3;5H,4H2,1-3H3;1-2H3. The summed E-state index contributed by atoms with van der Waals surface area (Å²) in [5, 5.41) is 0. The fraction of sp³-hybridized carbons (Fsp3) is 0.600. The average Bonchev–Trinajstić information content (AvgIpc) is 2.84. The highest BCUT2D eigenvalue weighted by Gasteiger charge is 2.26. The third-order valence-corrected chi connectivity index (χ3v) is 3.99. The molecule has 0 amide bonds. The first-order valence-electron chi connectivity index (χ1n) is 9.01. The Morgan fingerprint density at radius 2 is 1.96 bits per heavy atom. The van der Waals surface area contributed by atoms with Crippen molar-refractivity contribution in [2.45, 2.75) is 66.3 Å². The summed E-state index contributed by atoms with van der Waals surface area (Å²) in [6.45, 7) is 10.1. The lowest BCUT2D eigenvalue weighted by Gasteiger charge is -2.27. The van der Waals surface area contributed by atoms with Gasteiger partial charge in [-0.3, -0.25) is 4.57 Å². The normalized spacial score (nSPS) is 13.9. The molecule has 0 atom stereocenters. The zero-order valence-electron chi connectivity index (χ0n) is 16.3. The number of imidazole rings is 1. The van der Waals surface area contributed by atoms with E-state index in [1.165, 1.54) is 6.42 Å². The van der Waals surface area contributed by atoms with Gasteiger partial charge >= 0.3 is 0 Å². The van der Waals surface area contributed by atoms with Crippen LogP contribution in [0.25, 0.3) is 11.0 Å². The van der Waals surface area contributed by atoms with Crippen molar-refractivity contribution < 1.29 is 13.9 Å². The maximum atomic E-state index is 13.8. The fourth-order valence-corrected chi connectivity index (χ4v) is 2.48. The maximum absolute atomic E-state index is 13.8. The highest BCUT2D eigenvalue weighted by Crippen LogP contribution is 2.37. The van der Waals surface area contributed by atoms with Gasteiger partial charge in [0, 0.05) is 12.5 Å². The summed E-state index contributed by atoms with van der Waals surface area (Å²) in [6.07, 6.45) is 4.44. The van der Waals surface area contributed by atoms with E-state index >= 15 is 0 Å². The van der Waals surface area contributed by atoms with Gasteiger partial charge in [-0.2, -0.15) is 4.39 Å². The molecule has 0 unspecified atom stereocenters. The summed E-state index contributed by atoms with van der Waals surface area (Å²) in [7, 11) is 1.60. The van der Waals surface area contributed by atoms with Crippen LogP contribution in [-0.2, 0) is 4.79 Å². The number of carbonyl (C=O) groups excluding carboxylic acids is 1. The van der Waals surface area contributed by atoms with E-state index in [0.717, 1.165) is 24.6 Å². The van der Waals surface area contributed by atoms with Crippen molar-refractivity contribution >= 4 is 17.3 Å². The number of hydrogen-bond acceptors (Lipinski definition) is 3. The molecular formula is C20H31FN2O2. The average molecular weight is 350 g/mol. The van der Waals surface area contributed by atoms with Crippen LogP contribution in [0.5, 0.6) is 5.75 Å². The Labute approximate surface area is 150 Å². The lowest BCUT2D eigenvalue weighted by molar-refractivity contribution is -0.109. The van der Waals surface area contributed by atoms with E-state index in [4.69, 9.17) is 4.74 Å². The summed E-state index contributed by atoms with van der Waals surface area (Å²) >= 11 is 0. The van der Waals surface area contributed by atoms with Crippen LogP contribution < -0.4 is 4.74 Å². The molecule has 2 aromatic rings. The maximum Gasteiger partial charge on any atom is 0.290 e. The zero-order valence-corrected chi connectivity index (χ0v) is 16.3. The zero-order chi connectivity index (χ0) is 19.0. The minimum atomic E-state index is -0.399. The predicted molar refractivity (Wildman–Crippen MR) is 101 cm³/mol. The van der Waals surface area contributed by atoms with Crippen LogP contribution in [0, 0.1) is 11.5 Å². The van der Waals surface area contributed by atoms with Crippen molar-refractivity contribution in [2.75, 3.05) is 7.11 Å². The van der Waals surface area contributed by atoms with Gasteiger partial charge in [0.15, 0.2) is 0 Å². The molecule has 1 saturated carbocycles. The third-order valence-electron chi connectivity index (χ3n) is 3.99. The number of benzene rings is 1. The summed E-state index contributed by atoms with van der Waals surface area (Å²) in [4.78, 5) is 13.8. The van der Waals surface area contributed by atoms with E-state index < -0.39 is 6.08 Å². The van der Waals surface area contributed by atoms with Crippen LogP contribution >= 0.6 is 0 Å². The van der Waals surface area contributed by atoms with Gasteiger partial charge in [0.1, 0.15) is 17.6 Å². The van der Waals surface area contributed by atoms with Crippen LogP contribution in [0.15, 0.2) is 18.2 Å². The predicted octanol–water partition coefficient (Wildman–Crippen LogP) is 5.56. The molecule has 1 aliphatic carbocycles. The Morgan fingerprint density at radius 1 is 1.32 bits per heavy atom. The minimum Gasteiger partial charge on any atom is -0.494 e. The fourth-order valence-electron chi connectivity index (χ4n) is 2.48. The van der Waals surface area contributed by atoms with Gasteiger partial charge in [0.05, 0.1) is 12.6 Å². The smallest absolute Gasteiger partial charge is 0.290 e. The first-order valence-corrected chi connectivity index (χ1v) is 9.01. The van der Waals surface area contributed by atoms with Gasteiger partial charge in [-0.1, -0.05) is 40.7 Å². The molecule has 0 spiro atoms. The molecule has 25 heavy (non-hydrogen) atoms. The molecule has 140 valence electrons. The largest absolute Gasteiger partial charge is 0.494 e. The number of aldehydes is 1. The molecule has 0 radical (unpaired) electrons. The number of aromatic nitrogens is 2. The van der Waals surface area contributed by atoms with Crippen LogP contribution in [0.1, 0.15) is 66.3 Å². The number of nitrogens with zero attached hydrogens (tertiary/aromatic N) is 2. The second-order valence-corrected chi connectivity index (χ2v) is 7.10. The monoisotopic (exact) mass is 350 g/mol. The molecule has 3 rings (SSSR count). The van der Waals surface area contributed by atoms with Crippen LogP contribution in [0.2, 0.25) is 0 Å². The number of ether oxygens (including phenoxy) is 1. The Balaban J connectivity index is 0.000000297. The van der Waals surface area contributed by atoms with Gasteiger partial charge in [0.25, 0.3) is 6.08 Å². The second-order valence-electron chi connectivity index (χ2n) is 7.10. The quantitative estimate of drug-likeness (QED) is 0.681. The molecule has 0 saturated heterocycles. The summed E-state index contributed by atoms with van der Waals surface area (Å²) in [6, 6.07) is 5.74. The highest BCUT2D eigenvalue weighted by molar-refractivity contribution is 5.82. The van der Waals surface area contributed by atoms with Gasteiger partial charge in [-0.15, -0.1) is 0 Å². The van der Waals surface area contributed by atoms with Crippen LogP contribution in [0.3, 0.4) is 0 Å². The van der Waals surface area contributed by atoms with Gasteiger partial charge in [-0.05, 0) is 36.8 Å². The van der Waals surface area contributed by atoms with Crippen molar-refractivity contribution in [3.8, 4) is 5.75 Å². The Kier molecular flexibility index (Phi) is 8.07. The second kappa shape index (κ2) is 9.54. The van der Waals surface area contributed by atoms with Crippen molar-refractivity contribution in [3.05, 3.63) is 24.3 Å². The molecule has 0 bridgehead atoms. The van der Waals surface area contributed by atoms with E-state index in [2.05, 4.69) is 4.98 Å². The van der Waals surface area contributed by atoms with Crippen molar-refractivity contribution in [1.82, 2.24) is 9.55 Å². The third kappa shape index (κ3) is 5.55.